The summed E-state index contributed by atoms with van der Waals surface area (Å²) in [5, 5.41) is 20.9. The third-order valence-electron chi connectivity index (χ3n) is 3.04. The Balaban J connectivity index is 2.15. The Hall–Kier alpha value is -0.610. The van der Waals surface area contributed by atoms with Gasteiger partial charge < -0.3 is 15.5 Å². The Bertz CT molecular complexity index is 196. The molecule has 15 heavy (non-hydrogen) atoms. The largest absolute Gasteiger partial charge is 0.481 e. The lowest BCUT2D eigenvalue weighted by Gasteiger charge is -2.27. The Morgan fingerprint density at radius 1 is 1.33 bits per heavy atom. The number of aliphatic carboxylic acids is 1. The molecule has 1 saturated carbocycles. The number of carboxylic acids is 1. The Morgan fingerprint density at radius 3 is 2.80 bits per heavy atom. The summed E-state index contributed by atoms with van der Waals surface area (Å²) in [5.41, 5.74) is 0. The van der Waals surface area contributed by atoms with Gasteiger partial charge in [0.15, 0.2) is 0 Å². The zero-order valence-corrected chi connectivity index (χ0v) is 9.11. The van der Waals surface area contributed by atoms with Crippen molar-refractivity contribution in [2.75, 3.05) is 13.2 Å². The molecule has 0 radical (unpaired) electrons. The molecule has 0 bridgehead atoms. The zero-order valence-electron chi connectivity index (χ0n) is 9.11. The molecule has 0 spiro atoms. The smallest absolute Gasteiger partial charge is 0.306 e. The lowest BCUT2D eigenvalue weighted by Crippen LogP contribution is -2.36. The van der Waals surface area contributed by atoms with Gasteiger partial charge in [0, 0.05) is 12.6 Å². The van der Waals surface area contributed by atoms with E-state index in [1.807, 2.05) is 0 Å². The van der Waals surface area contributed by atoms with Crippen LogP contribution >= 0.6 is 0 Å². The summed E-state index contributed by atoms with van der Waals surface area (Å²) in [6.45, 7) is 1.13. The monoisotopic (exact) mass is 215 g/mol. The van der Waals surface area contributed by atoms with E-state index < -0.39 is 5.97 Å². The summed E-state index contributed by atoms with van der Waals surface area (Å²) in [7, 11) is 0. The molecule has 1 aliphatic rings. The van der Waals surface area contributed by atoms with Crippen molar-refractivity contribution in [3.63, 3.8) is 0 Å². The molecule has 0 aromatic rings. The van der Waals surface area contributed by atoms with Gasteiger partial charge >= 0.3 is 5.97 Å². The molecule has 0 aromatic heterocycles. The normalized spacial score (nSPS) is 26.5. The molecule has 0 aromatic carbocycles. The number of hydrogen-bond donors (Lipinski definition) is 3. The van der Waals surface area contributed by atoms with Gasteiger partial charge in [-0.2, -0.15) is 0 Å². The van der Waals surface area contributed by atoms with Crippen LogP contribution in [-0.2, 0) is 4.79 Å². The van der Waals surface area contributed by atoms with E-state index in [4.69, 9.17) is 10.2 Å². The van der Waals surface area contributed by atoms with Crippen LogP contribution in [0, 0.1) is 5.92 Å². The minimum Gasteiger partial charge on any atom is -0.481 e. The Labute approximate surface area is 90.7 Å². The maximum Gasteiger partial charge on any atom is 0.306 e. The fourth-order valence-electron chi connectivity index (χ4n) is 2.14. The summed E-state index contributed by atoms with van der Waals surface area (Å²) in [6, 6.07) is 0.360. The van der Waals surface area contributed by atoms with E-state index in [2.05, 4.69) is 5.32 Å². The van der Waals surface area contributed by atoms with Gasteiger partial charge in [-0.05, 0) is 38.6 Å². The van der Waals surface area contributed by atoms with Crippen LogP contribution in [0.25, 0.3) is 0 Å². The third kappa shape index (κ3) is 4.62. The van der Waals surface area contributed by atoms with Gasteiger partial charge in [-0.3, -0.25) is 4.79 Å². The van der Waals surface area contributed by atoms with Gasteiger partial charge in [-0.15, -0.1) is 0 Å². The van der Waals surface area contributed by atoms with Crippen molar-refractivity contribution in [3.05, 3.63) is 0 Å². The highest BCUT2D eigenvalue weighted by Crippen LogP contribution is 2.24. The number of aliphatic hydroxyl groups excluding tert-OH is 1. The SMILES string of the molecule is O=C(O)C1CCCC(NCCCCO)C1. The van der Waals surface area contributed by atoms with Gasteiger partial charge in [-0.25, -0.2) is 0 Å². The second-order valence-corrected chi connectivity index (χ2v) is 4.28. The first kappa shape index (κ1) is 12.5. The van der Waals surface area contributed by atoms with Gasteiger partial charge in [0.2, 0.25) is 0 Å². The summed E-state index contributed by atoms with van der Waals surface area (Å²) in [6.07, 6.45) is 5.46. The van der Waals surface area contributed by atoms with E-state index in [1.165, 1.54) is 0 Å². The average Bonchev–Trinajstić information content (AvgIpc) is 2.25. The maximum atomic E-state index is 10.8. The molecule has 2 unspecified atom stereocenters. The van der Waals surface area contributed by atoms with Crippen molar-refractivity contribution in [2.24, 2.45) is 5.92 Å². The summed E-state index contributed by atoms with van der Waals surface area (Å²) in [5.74, 6) is -0.814. The first-order valence-electron chi connectivity index (χ1n) is 5.81. The van der Waals surface area contributed by atoms with E-state index in [1.54, 1.807) is 0 Å². The molecule has 4 heteroatoms. The van der Waals surface area contributed by atoms with Gasteiger partial charge in [0.1, 0.15) is 0 Å². The van der Waals surface area contributed by atoms with Crippen LogP contribution in [0.2, 0.25) is 0 Å². The van der Waals surface area contributed by atoms with Crippen molar-refractivity contribution < 1.29 is 15.0 Å². The standard InChI is InChI=1S/C11H21NO3/c13-7-2-1-6-12-10-5-3-4-9(8-10)11(14)15/h9-10,12-13H,1-8H2,(H,14,15). The lowest BCUT2D eigenvalue weighted by atomic mass is 9.86. The highest BCUT2D eigenvalue weighted by molar-refractivity contribution is 5.70. The summed E-state index contributed by atoms with van der Waals surface area (Å²) in [4.78, 5) is 10.8. The molecule has 88 valence electrons. The predicted molar refractivity (Wildman–Crippen MR) is 57.7 cm³/mol. The predicted octanol–water partition coefficient (Wildman–Crippen LogP) is 0.992. The van der Waals surface area contributed by atoms with Gasteiger partial charge in [-0.1, -0.05) is 6.42 Å². The Morgan fingerprint density at radius 2 is 2.13 bits per heavy atom. The summed E-state index contributed by atoms with van der Waals surface area (Å²) >= 11 is 0. The molecule has 0 amide bonds. The zero-order chi connectivity index (χ0) is 11.1. The first-order chi connectivity index (χ1) is 7.24. The van der Waals surface area contributed by atoms with Crippen molar-refractivity contribution in [1.82, 2.24) is 5.32 Å². The molecule has 2 atom stereocenters. The minimum absolute atomic E-state index is 0.158. The van der Waals surface area contributed by atoms with Crippen LogP contribution in [0.4, 0.5) is 0 Å². The van der Waals surface area contributed by atoms with Crippen molar-refractivity contribution in [2.45, 2.75) is 44.6 Å². The molecule has 1 fully saturated rings. The quantitative estimate of drug-likeness (QED) is 0.578. The van der Waals surface area contributed by atoms with Crippen LogP contribution in [0.15, 0.2) is 0 Å². The van der Waals surface area contributed by atoms with Crippen LogP contribution < -0.4 is 5.32 Å². The number of aliphatic hydroxyl groups is 1. The highest BCUT2D eigenvalue weighted by Gasteiger charge is 2.26. The van der Waals surface area contributed by atoms with Crippen molar-refractivity contribution in [1.29, 1.82) is 0 Å². The fraction of sp³-hybridized carbons (Fsp3) is 0.909. The molecule has 0 saturated heterocycles. The third-order valence-corrected chi connectivity index (χ3v) is 3.04. The number of unbranched alkanes of at least 4 members (excludes halogenated alkanes) is 1. The fourth-order valence-corrected chi connectivity index (χ4v) is 2.14. The van der Waals surface area contributed by atoms with Crippen molar-refractivity contribution in [3.8, 4) is 0 Å². The van der Waals surface area contributed by atoms with Crippen LogP contribution in [0.5, 0.6) is 0 Å². The summed E-state index contributed by atoms with van der Waals surface area (Å²) < 4.78 is 0. The average molecular weight is 215 g/mol. The topological polar surface area (TPSA) is 69.6 Å². The van der Waals surface area contributed by atoms with Crippen molar-refractivity contribution >= 4 is 5.97 Å². The second-order valence-electron chi connectivity index (χ2n) is 4.28. The molecule has 3 N–H and O–H groups in total. The van der Waals surface area contributed by atoms with E-state index in [9.17, 15) is 4.79 Å². The number of carbonyl (C=O) groups is 1. The number of hydrogen-bond acceptors (Lipinski definition) is 3. The van der Waals surface area contributed by atoms with Crippen LogP contribution in [0.3, 0.4) is 0 Å². The number of carboxylic acid groups (broad SMARTS) is 1. The molecular weight excluding hydrogens is 194 g/mol. The lowest BCUT2D eigenvalue weighted by molar-refractivity contribution is -0.143. The van der Waals surface area contributed by atoms with E-state index in [0.717, 1.165) is 45.1 Å². The van der Waals surface area contributed by atoms with E-state index in [0.29, 0.717) is 6.04 Å². The molecule has 1 aliphatic carbocycles. The second kappa shape index (κ2) is 6.80. The Kier molecular flexibility index (Phi) is 5.65. The van der Waals surface area contributed by atoms with E-state index in [-0.39, 0.29) is 12.5 Å². The molecule has 4 nitrogen and oxygen atoms in total. The number of nitrogens with one attached hydrogen (secondary N) is 1. The maximum absolute atomic E-state index is 10.8. The molecule has 1 rings (SSSR count). The van der Waals surface area contributed by atoms with Gasteiger partial charge in [0.05, 0.1) is 5.92 Å². The van der Waals surface area contributed by atoms with Crippen LogP contribution in [0.1, 0.15) is 38.5 Å². The van der Waals surface area contributed by atoms with Gasteiger partial charge in [0.25, 0.3) is 0 Å². The minimum atomic E-state index is -0.656. The van der Waals surface area contributed by atoms with E-state index >= 15 is 0 Å². The number of rotatable bonds is 6. The molecular formula is C11H21NO3. The molecule has 0 aliphatic heterocycles. The first-order valence-corrected chi connectivity index (χ1v) is 5.81. The highest BCUT2D eigenvalue weighted by atomic mass is 16.4. The molecule has 0 heterocycles. The van der Waals surface area contributed by atoms with Crippen LogP contribution in [-0.4, -0.2) is 35.4 Å².